The summed E-state index contributed by atoms with van der Waals surface area (Å²) >= 11 is 12.2. The van der Waals surface area contributed by atoms with Crippen LogP contribution in [0.5, 0.6) is 0 Å². The second-order valence-corrected chi connectivity index (χ2v) is 5.22. The van der Waals surface area contributed by atoms with Gasteiger partial charge >= 0.3 is 0 Å². The van der Waals surface area contributed by atoms with Crippen molar-refractivity contribution < 1.29 is 0 Å². The van der Waals surface area contributed by atoms with E-state index in [-0.39, 0.29) is 5.92 Å². The molecule has 0 aliphatic carbocycles. The number of aromatic nitrogens is 1. The maximum absolute atomic E-state index is 6.29. The lowest BCUT2D eigenvalue weighted by atomic mass is 9.88. The third kappa shape index (κ3) is 3.17. The fourth-order valence-electron chi connectivity index (χ4n) is 2.22. The van der Waals surface area contributed by atoms with Crippen molar-refractivity contribution in [2.75, 3.05) is 0 Å². The van der Waals surface area contributed by atoms with E-state index in [0.717, 1.165) is 11.1 Å². The van der Waals surface area contributed by atoms with E-state index in [4.69, 9.17) is 23.2 Å². The zero-order chi connectivity index (χ0) is 13.8. The summed E-state index contributed by atoms with van der Waals surface area (Å²) in [5.74, 6) is 0.193. The van der Waals surface area contributed by atoms with E-state index in [2.05, 4.69) is 24.1 Å². The van der Waals surface area contributed by atoms with Crippen molar-refractivity contribution in [2.24, 2.45) is 0 Å². The second kappa shape index (κ2) is 6.23. The highest BCUT2D eigenvalue weighted by Gasteiger charge is 2.15. The molecule has 1 nitrogen and oxygen atoms in total. The van der Waals surface area contributed by atoms with E-state index < -0.39 is 0 Å². The molecule has 0 bridgehead atoms. The Morgan fingerprint density at radius 2 is 2.05 bits per heavy atom. The number of hydrogen-bond acceptors (Lipinski definition) is 1. The second-order valence-electron chi connectivity index (χ2n) is 4.37. The molecule has 1 aromatic heterocycles. The zero-order valence-electron chi connectivity index (χ0n) is 10.9. The lowest BCUT2D eigenvalue weighted by molar-refractivity contribution is 0.984. The first-order valence-electron chi connectivity index (χ1n) is 6.15. The quantitative estimate of drug-likeness (QED) is 0.718. The summed E-state index contributed by atoms with van der Waals surface area (Å²) in [4.78, 5) is 4.17. The van der Waals surface area contributed by atoms with Gasteiger partial charge in [-0.1, -0.05) is 48.3 Å². The molecule has 0 amide bonds. The Kier molecular flexibility index (Phi) is 4.62. The van der Waals surface area contributed by atoms with Crippen LogP contribution in [0.2, 0.25) is 10.0 Å². The fourth-order valence-corrected chi connectivity index (χ4v) is 2.79. The Morgan fingerprint density at radius 1 is 1.26 bits per heavy atom. The van der Waals surface area contributed by atoms with Crippen molar-refractivity contribution >= 4 is 28.8 Å². The summed E-state index contributed by atoms with van der Waals surface area (Å²) in [7, 11) is 0. The average molecular weight is 292 g/mol. The molecule has 2 rings (SSSR count). The highest BCUT2D eigenvalue weighted by atomic mass is 35.5. The van der Waals surface area contributed by atoms with Gasteiger partial charge in [0.2, 0.25) is 0 Å². The Morgan fingerprint density at radius 3 is 2.63 bits per heavy atom. The molecule has 0 saturated heterocycles. The summed E-state index contributed by atoms with van der Waals surface area (Å²) in [5, 5.41) is 1.35. The molecule has 0 aliphatic rings. The van der Waals surface area contributed by atoms with Crippen LogP contribution in [0.15, 0.2) is 48.8 Å². The van der Waals surface area contributed by atoms with Gasteiger partial charge in [0.15, 0.2) is 0 Å². The molecule has 0 aliphatic heterocycles. The van der Waals surface area contributed by atoms with E-state index in [0.29, 0.717) is 10.0 Å². The van der Waals surface area contributed by atoms with Crippen LogP contribution in [-0.4, -0.2) is 4.98 Å². The number of rotatable bonds is 3. The molecule has 3 heteroatoms. The minimum absolute atomic E-state index is 0.193. The first-order chi connectivity index (χ1) is 9.13. The lowest BCUT2D eigenvalue weighted by Crippen LogP contribution is -1.99. The molecule has 98 valence electrons. The van der Waals surface area contributed by atoms with Crippen molar-refractivity contribution in [1.29, 1.82) is 0 Å². The van der Waals surface area contributed by atoms with Gasteiger partial charge in [-0.2, -0.15) is 0 Å². The molecule has 1 unspecified atom stereocenters. The number of pyridine rings is 1. The predicted molar refractivity (Wildman–Crippen MR) is 82.8 cm³/mol. The number of allylic oxidation sites excluding steroid dienone is 2. The molecule has 1 aromatic carbocycles. The van der Waals surface area contributed by atoms with Gasteiger partial charge in [0.25, 0.3) is 0 Å². The maximum atomic E-state index is 6.29. The van der Waals surface area contributed by atoms with Crippen molar-refractivity contribution in [3.63, 3.8) is 0 Å². The number of hydrogen-bond donors (Lipinski definition) is 0. The first-order valence-corrected chi connectivity index (χ1v) is 6.90. The van der Waals surface area contributed by atoms with Gasteiger partial charge in [0, 0.05) is 28.4 Å². The largest absolute Gasteiger partial charge is 0.264 e. The average Bonchev–Trinajstić information content (AvgIpc) is 2.40. The Balaban J connectivity index is 2.40. The lowest BCUT2D eigenvalue weighted by Gasteiger charge is -2.18. The van der Waals surface area contributed by atoms with Gasteiger partial charge in [-0.05, 0) is 41.8 Å². The van der Waals surface area contributed by atoms with Gasteiger partial charge in [0.05, 0.1) is 0 Å². The fraction of sp³-hybridized carbons (Fsp3) is 0.188. The van der Waals surface area contributed by atoms with Crippen molar-refractivity contribution in [2.45, 2.75) is 19.8 Å². The molecule has 1 heterocycles. The monoisotopic (exact) mass is 291 g/mol. The minimum atomic E-state index is 0.193. The van der Waals surface area contributed by atoms with Crippen LogP contribution in [0, 0.1) is 0 Å². The third-order valence-corrected chi connectivity index (χ3v) is 3.76. The van der Waals surface area contributed by atoms with Crippen molar-refractivity contribution in [3.05, 3.63) is 70.0 Å². The number of benzene rings is 1. The summed E-state index contributed by atoms with van der Waals surface area (Å²) < 4.78 is 0. The van der Waals surface area contributed by atoms with Crippen LogP contribution in [0.1, 0.15) is 30.9 Å². The molecule has 2 aromatic rings. The van der Waals surface area contributed by atoms with Crippen molar-refractivity contribution in [1.82, 2.24) is 4.98 Å². The number of nitrogens with zero attached hydrogens (tertiary/aromatic N) is 1. The van der Waals surface area contributed by atoms with E-state index >= 15 is 0 Å². The van der Waals surface area contributed by atoms with Gasteiger partial charge < -0.3 is 0 Å². The van der Waals surface area contributed by atoms with Gasteiger partial charge in [0.1, 0.15) is 0 Å². The van der Waals surface area contributed by atoms with Gasteiger partial charge in [-0.3, -0.25) is 4.98 Å². The topological polar surface area (TPSA) is 12.9 Å². The van der Waals surface area contributed by atoms with Crippen LogP contribution in [-0.2, 0) is 0 Å². The highest BCUT2D eigenvalue weighted by Crippen LogP contribution is 2.36. The predicted octanol–water partition coefficient (Wildman–Crippen LogP) is 5.60. The normalized spacial score (nSPS) is 13.4. The van der Waals surface area contributed by atoms with Crippen molar-refractivity contribution in [3.8, 4) is 0 Å². The summed E-state index contributed by atoms with van der Waals surface area (Å²) in [6.45, 7) is 4.17. The summed E-state index contributed by atoms with van der Waals surface area (Å²) in [6.07, 6.45) is 5.75. The SMILES string of the molecule is C/C=C(\c1cccnc1)C(C)c1ccc(Cl)cc1Cl. The molecule has 0 N–H and O–H groups in total. The molecular formula is C16H15Cl2N. The van der Waals surface area contributed by atoms with Gasteiger partial charge in [-0.25, -0.2) is 0 Å². The summed E-state index contributed by atoms with van der Waals surface area (Å²) in [6, 6.07) is 9.63. The molecule has 1 atom stereocenters. The highest BCUT2D eigenvalue weighted by molar-refractivity contribution is 6.35. The standard InChI is InChI=1S/C16H15Cl2N/c1-3-14(12-5-4-8-19-10-12)11(2)15-7-6-13(17)9-16(15)18/h3-11H,1-2H3/b14-3-. The van der Waals surface area contributed by atoms with E-state index in [1.165, 1.54) is 5.57 Å². The first kappa shape index (κ1) is 14.1. The van der Waals surface area contributed by atoms with Gasteiger partial charge in [-0.15, -0.1) is 0 Å². The van der Waals surface area contributed by atoms with Crippen LogP contribution in [0.25, 0.3) is 5.57 Å². The molecular weight excluding hydrogens is 277 g/mol. The van der Waals surface area contributed by atoms with E-state index in [1.807, 2.05) is 31.3 Å². The minimum Gasteiger partial charge on any atom is -0.264 e. The Hall–Kier alpha value is -1.31. The third-order valence-electron chi connectivity index (χ3n) is 3.20. The summed E-state index contributed by atoms with van der Waals surface area (Å²) in [5.41, 5.74) is 3.39. The molecule has 19 heavy (non-hydrogen) atoms. The zero-order valence-corrected chi connectivity index (χ0v) is 12.4. The van der Waals surface area contributed by atoms with Crippen LogP contribution >= 0.6 is 23.2 Å². The number of halogens is 2. The maximum Gasteiger partial charge on any atom is 0.0458 e. The molecule has 0 spiro atoms. The van der Waals surface area contributed by atoms with E-state index in [1.54, 1.807) is 12.3 Å². The Labute approximate surface area is 123 Å². The molecule has 0 radical (unpaired) electrons. The molecule has 0 fully saturated rings. The Bertz CT molecular complexity index is 591. The van der Waals surface area contributed by atoms with Crippen LogP contribution in [0.3, 0.4) is 0 Å². The smallest absolute Gasteiger partial charge is 0.0458 e. The van der Waals surface area contributed by atoms with E-state index in [9.17, 15) is 0 Å². The van der Waals surface area contributed by atoms with Crippen LogP contribution in [0.4, 0.5) is 0 Å². The van der Waals surface area contributed by atoms with Crippen LogP contribution < -0.4 is 0 Å². The molecule has 0 saturated carbocycles.